The molecule has 1 unspecified atom stereocenters. The van der Waals surface area contributed by atoms with Gasteiger partial charge in [-0.05, 0) is 37.1 Å². The average Bonchev–Trinajstić information content (AvgIpc) is 2.98. The van der Waals surface area contributed by atoms with Gasteiger partial charge in [-0.15, -0.1) is 10.2 Å². The zero-order chi connectivity index (χ0) is 16.2. The number of carbonyl (C=O) groups excluding carboxylic acids is 1. The number of hydrogen-bond donors (Lipinski definition) is 0. The lowest BCUT2D eigenvalue weighted by Crippen LogP contribution is -2.21. The Labute approximate surface area is 135 Å². The zero-order valence-electron chi connectivity index (χ0n) is 12.1. The smallest absolute Gasteiger partial charge is 0.387 e. The molecule has 0 saturated heterocycles. The molecule has 1 saturated carbocycles. The number of carbonyl (C=O) groups is 1. The monoisotopic (exact) mass is 340 g/mol. The van der Waals surface area contributed by atoms with Gasteiger partial charge in [0.2, 0.25) is 5.89 Å². The van der Waals surface area contributed by atoms with Crippen LogP contribution in [-0.4, -0.2) is 27.8 Å². The van der Waals surface area contributed by atoms with Gasteiger partial charge in [0.1, 0.15) is 11.5 Å². The van der Waals surface area contributed by atoms with Crippen LogP contribution in [0.25, 0.3) is 11.5 Å². The van der Waals surface area contributed by atoms with Crippen LogP contribution in [0.2, 0.25) is 0 Å². The van der Waals surface area contributed by atoms with Gasteiger partial charge in [0.25, 0.3) is 5.22 Å². The number of Topliss-reactive ketones (excluding diaryl/α,β-unsaturated/α-hetero) is 1. The van der Waals surface area contributed by atoms with Gasteiger partial charge in [0.05, 0.1) is 5.25 Å². The molecule has 122 valence electrons. The number of hydrogen-bond acceptors (Lipinski definition) is 6. The van der Waals surface area contributed by atoms with Gasteiger partial charge in [-0.25, -0.2) is 0 Å². The molecule has 1 aromatic carbocycles. The first-order valence-electron chi connectivity index (χ1n) is 7.20. The SMILES string of the molecule is O=C1CCCCC1Sc1nnc(-c2ccc(OC(F)F)cc2)o1. The lowest BCUT2D eigenvalue weighted by Gasteiger charge is -2.17. The minimum absolute atomic E-state index is 0.0608. The van der Waals surface area contributed by atoms with E-state index in [0.29, 0.717) is 17.2 Å². The molecule has 2 aromatic rings. The fraction of sp³-hybridized carbons (Fsp3) is 0.400. The van der Waals surface area contributed by atoms with Gasteiger partial charge in [0, 0.05) is 12.0 Å². The average molecular weight is 340 g/mol. The number of aromatic nitrogens is 2. The van der Waals surface area contributed by atoms with Crippen LogP contribution in [0.15, 0.2) is 33.9 Å². The fourth-order valence-electron chi connectivity index (χ4n) is 2.35. The molecule has 1 atom stereocenters. The van der Waals surface area contributed by atoms with E-state index in [1.54, 1.807) is 12.1 Å². The van der Waals surface area contributed by atoms with Gasteiger partial charge in [-0.2, -0.15) is 8.78 Å². The second-order valence-corrected chi connectivity index (χ2v) is 6.25. The van der Waals surface area contributed by atoms with Crippen LogP contribution in [-0.2, 0) is 4.79 Å². The standard InChI is InChI=1S/C15H14F2N2O3S/c16-14(17)21-10-7-5-9(6-8-10)13-18-19-15(22-13)23-12-4-2-1-3-11(12)20/h5-8,12,14H,1-4H2. The first kappa shape index (κ1) is 15.9. The number of alkyl halides is 2. The molecular weight excluding hydrogens is 326 g/mol. The van der Waals surface area contributed by atoms with E-state index >= 15 is 0 Å². The maximum Gasteiger partial charge on any atom is 0.387 e. The second-order valence-electron chi connectivity index (χ2n) is 5.09. The molecule has 1 aliphatic rings. The summed E-state index contributed by atoms with van der Waals surface area (Å²) in [7, 11) is 0. The topological polar surface area (TPSA) is 65.2 Å². The van der Waals surface area contributed by atoms with Crippen molar-refractivity contribution < 1.29 is 22.7 Å². The predicted octanol–water partition coefficient (Wildman–Crippen LogP) is 3.94. The number of halogens is 2. The summed E-state index contributed by atoms with van der Waals surface area (Å²) in [5, 5.41) is 8.08. The maximum absolute atomic E-state index is 12.1. The molecule has 0 N–H and O–H groups in total. The minimum atomic E-state index is -2.86. The van der Waals surface area contributed by atoms with Crippen LogP contribution in [0.5, 0.6) is 5.75 Å². The van der Waals surface area contributed by atoms with Gasteiger partial charge in [0.15, 0.2) is 0 Å². The van der Waals surface area contributed by atoms with Gasteiger partial charge < -0.3 is 9.15 Å². The fourth-order valence-corrected chi connectivity index (χ4v) is 3.34. The van der Waals surface area contributed by atoms with Crippen molar-refractivity contribution in [2.75, 3.05) is 0 Å². The Bertz CT molecular complexity index is 676. The molecular formula is C15H14F2N2O3S. The van der Waals surface area contributed by atoms with Gasteiger partial charge in [-0.3, -0.25) is 4.79 Å². The van der Waals surface area contributed by atoms with E-state index in [1.807, 2.05) is 0 Å². The summed E-state index contributed by atoms with van der Waals surface area (Å²) < 4.78 is 34.0. The van der Waals surface area contributed by atoms with Crippen molar-refractivity contribution in [3.05, 3.63) is 24.3 Å². The molecule has 3 rings (SSSR count). The molecule has 0 bridgehead atoms. The number of benzene rings is 1. The zero-order valence-corrected chi connectivity index (χ0v) is 12.9. The Morgan fingerprint density at radius 1 is 1.22 bits per heavy atom. The minimum Gasteiger partial charge on any atom is -0.435 e. The van der Waals surface area contributed by atoms with E-state index in [4.69, 9.17) is 4.42 Å². The molecule has 0 aliphatic heterocycles. The Kier molecular flexibility index (Phi) is 4.90. The molecule has 5 nitrogen and oxygen atoms in total. The lowest BCUT2D eigenvalue weighted by atomic mass is 9.99. The lowest BCUT2D eigenvalue weighted by molar-refractivity contribution is -0.119. The van der Waals surface area contributed by atoms with E-state index in [9.17, 15) is 13.6 Å². The summed E-state index contributed by atoms with van der Waals surface area (Å²) in [6.45, 7) is -2.86. The van der Waals surface area contributed by atoms with Crippen molar-refractivity contribution in [2.24, 2.45) is 0 Å². The highest BCUT2D eigenvalue weighted by molar-refractivity contribution is 8.00. The Balaban J connectivity index is 1.67. The van der Waals surface area contributed by atoms with Crippen LogP contribution >= 0.6 is 11.8 Å². The van der Waals surface area contributed by atoms with Crippen LogP contribution in [0.1, 0.15) is 25.7 Å². The molecule has 1 fully saturated rings. The Morgan fingerprint density at radius 3 is 2.70 bits per heavy atom. The van der Waals surface area contributed by atoms with Crippen LogP contribution in [0, 0.1) is 0 Å². The van der Waals surface area contributed by atoms with Crippen molar-refractivity contribution >= 4 is 17.5 Å². The summed E-state index contributed by atoms with van der Waals surface area (Å²) in [5.74, 6) is 0.555. The summed E-state index contributed by atoms with van der Waals surface area (Å²) in [5.41, 5.74) is 0.598. The van der Waals surface area contributed by atoms with Crippen molar-refractivity contribution in [3.8, 4) is 17.2 Å². The molecule has 1 aliphatic carbocycles. The quantitative estimate of drug-likeness (QED) is 0.821. The first-order chi connectivity index (χ1) is 11.1. The van der Waals surface area contributed by atoms with Crippen molar-refractivity contribution in [3.63, 3.8) is 0 Å². The van der Waals surface area contributed by atoms with Crippen molar-refractivity contribution in [2.45, 2.75) is 42.8 Å². The summed E-state index contributed by atoms with van der Waals surface area (Å²) in [6, 6.07) is 5.93. The highest BCUT2D eigenvalue weighted by Gasteiger charge is 2.25. The molecule has 0 spiro atoms. The third kappa shape index (κ3) is 4.07. The van der Waals surface area contributed by atoms with Crippen LogP contribution in [0.3, 0.4) is 0 Å². The van der Waals surface area contributed by atoms with E-state index < -0.39 is 6.61 Å². The van der Waals surface area contributed by atoms with E-state index in [1.165, 1.54) is 23.9 Å². The van der Waals surface area contributed by atoms with Crippen LogP contribution in [0.4, 0.5) is 8.78 Å². The van der Waals surface area contributed by atoms with E-state index in [-0.39, 0.29) is 22.7 Å². The maximum atomic E-state index is 12.1. The number of rotatable bonds is 5. The van der Waals surface area contributed by atoms with Gasteiger partial charge in [-0.1, -0.05) is 18.2 Å². The summed E-state index contributed by atoms with van der Waals surface area (Å²) in [6.07, 6.45) is 3.39. The highest BCUT2D eigenvalue weighted by atomic mass is 32.2. The predicted molar refractivity (Wildman–Crippen MR) is 79.5 cm³/mol. The Morgan fingerprint density at radius 2 is 2.00 bits per heavy atom. The van der Waals surface area contributed by atoms with Gasteiger partial charge >= 0.3 is 6.61 Å². The molecule has 1 aromatic heterocycles. The number of ketones is 1. The highest BCUT2D eigenvalue weighted by Crippen LogP contribution is 2.32. The first-order valence-corrected chi connectivity index (χ1v) is 8.08. The molecule has 1 heterocycles. The summed E-state index contributed by atoms with van der Waals surface area (Å²) >= 11 is 1.29. The third-order valence-electron chi connectivity index (χ3n) is 3.47. The molecule has 8 heteroatoms. The molecule has 0 amide bonds. The van der Waals surface area contributed by atoms with Crippen molar-refractivity contribution in [1.29, 1.82) is 0 Å². The van der Waals surface area contributed by atoms with E-state index in [0.717, 1.165) is 19.3 Å². The largest absolute Gasteiger partial charge is 0.435 e. The number of thioether (sulfide) groups is 1. The second kappa shape index (κ2) is 7.08. The Hall–Kier alpha value is -1.96. The normalized spacial score (nSPS) is 18.4. The van der Waals surface area contributed by atoms with Crippen LogP contribution < -0.4 is 4.74 Å². The summed E-state index contributed by atoms with van der Waals surface area (Å²) in [4.78, 5) is 11.8. The number of nitrogens with zero attached hydrogens (tertiary/aromatic N) is 2. The van der Waals surface area contributed by atoms with E-state index in [2.05, 4.69) is 14.9 Å². The van der Waals surface area contributed by atoms with Crippen molar-refractivity contribution in [1.82, 2.24) is 10.2 Å². The third-order valence-corrected chi connectivity index (χ3v) is 4.62. The number of ether oxygens (including phenoxy) is 1. The molecule has 23 heavy (non-hydrogen) atoms. The molecule has 0 radical (unpaired) electrons.